The number of hydrogen-bond donors (Lipinski definition) is 2. The van der Waals surface area contributed by atoms with Crippen LogP contribution in [-0.2, 0) is 23.9 Å². The van der Waals surface area contributed by atoms with Crippen molar-refractivity contribution >= 4 is 11.9 Å². The van der Waals surface area contributed by atoms with Gasteiger partial charge in [-0.25, -0.2) is 13.6 Å². The lowest BCUT2D eigenvalue weighted by Gasteiger charge is -2.25. The van der Waals surface area contributed by atoms with E-state index in [4.69, 9.17) is 16.9 Å². The van der Waals surface area contributed by atoms with Gasteiger partial charge in [-0.2, -0.15) is 13.2 Å². The van der Waals surface area contributed by atoms with Gasteiger partial charge in [-0.1, -0.05) is 38.0 Å². The molecule has 45 heavy (non-hydrogen) atoms. The molecule has 3 aromatic rings. The molecule has 0 aliphatic rings. The molecule has 0 saturated carbocycles. The minimum Gasteiger partial charge on any atom is -0.456 e. The minimum atomic E-state index is -4.52. The number of halogens is 5. The van der Waals surface area contributed by atoms with Crippen molar-refractivity contribution in [3.05, 3.63) is 106 Å². The molecule has 0 unspecified atom stereocenters. The first-order chi connectivity index (χ1) is 21.3. The van der Waals surface area contributed by atoms with Crippen molar-refractivity contribution in [3.63, 3.8) is 0 Å². The van der Waals surface area contributed by atoms with Crippen molar-refractivity contribution in [2.24, 2.45) is 5.73 Å². The minimum absolute atomic E-state index is 0.00590. The number of nitrogens with zero attached hydrogens (tertiary/aromatic N) is 1. The Morgan fingerprint density at radius 1 is 0.956 bits per heavy atom. The fourth-order valence-electron chi connectivity index (χ4n) is 4.82. The number of hydrogen-bond acceptors (Lipinski definition) is 5. The standard InChI is InChI=1S/C34H36F5N3O3/c1-4-10-42(11-5-2)32(43)25-12-22(6-3)13-26(18-25)33(44)45-31(30(40)17-24-15-28(35)19-29(36)16-24)21-41-20-23-8-7-9-27(14-23)34(37,38)39/h3,7-9,12-16,18-19,30-31,41H,4-5,10-11,17,20-21,40H2,1-2H3/t30-,31+/m0/s1. The van der Waals surface area contributed by atoms with Crippen LogP contribution in [0.3, 0.4) is 0 Å². The number of carbonyl (C=O) groups is 2. The van der Waals surface area contributed by atoms with Crippen molar-refractivity contribution in [2.45, 2.75) is 58.0 Å². The molecule has 0 spiro atoms. The van der Waals surface area contributed by atoms with Crippen molar-refractivity contribution in [2.75, 3.05) is 19.6 Å². The van der Waals surface area contributed by atoms with Gasteiger partial charge in [-0.15, -0.1) is 6.42 Å². The number of esters is 1. The van der Waals surface area contributed by atoms with Crippen LogP contribution in [0.25, 0.3) is 0 Å². The SMILES string of the molecule is C#Cc1cc(C(=O)O[C@H](CNCc2cccc(C(F)(F)F)c2)[C@@H](N)Cc2cc(F)cc(F)c2)cc(C(=O)N(CCC)CCC)c1. The molecule has 11 heteroatoms. The number of alkyl halides is 3. The summed E-state index contributed by atoms with van der Waals surface area (Å²) in [6.07, 6.45) is 1.37. The Hall–Kier alpha value is -4.27. The molecule has 0 aromatic heterocycles. The number of amides is 1. The van der Waals surface area contributed by atoms with Gasteiger partial charge in [0.1, 0.15) is 17.7 Å². The Morgan fingerprint density at radius 3 is 2.20 bits per heavy atom. The average molecular weight is 630 g/mol. The molecule has 0 heterocycles. The molecule has 0 bridgehead atoms. The summed E-state index contributed by atoms with van der Waals surface area (Å²) in [4.78, 5) is 28.4. The maximum absolute atomic E-state index is 13.8. The van der Waals surface area contributed by atoms with E-state index in [9.17, 15) is 31.5 Å². The normalized spacial score (nSPS) is 12.7. The van der Waals surface area contributed by atoms with Crippen LogP contribution in [0.15, 0.2) is 60.7 Å². The molecule has 3 N–H and O–H groups in total. The Morgan fingerprint density at radius 2 is 1.60 bits per heavy atom. The maximum atomic E-state index is 13.8. The van der Waals surface area contributed by atoms with E-state index in [1.807, 2.05) is 13.8 Å². The molecule has 3 rings (SSSR count). The van der Waals surface area contributed by atoms with Crippen LogP contribution in [-0.4, -0.2) is 48.6 Å². The molecule has 0 aliphatic carbocycles. The Balaban J connectivity index is 1.86. The third-order valence-corrected chi connectivity index (χ3v) is 6.92. The van der Waals surface area contributed by atoms with Crippen LogP contribution in [0.2, 0.25) is 0 Å². The van der Waals surface area contributed by atoms with E-state index in [0.29, 0.717) is 24.7 Å². The Kier molecular flexibility index (Phi) is 12.6. The first kappa shape index (κ1) is 35.2. The van der Waals surface area contributed by atoms with Gasteiger partial charge < -0.3 is 20.7 Å². The summed E-state index contributed by atoms with van der Waals surface area (Å²) in [6.45, 7) is 4.79. The largest absolute Gasteiger partial charge is 0.456 e. The van der Waals surface area contributed by atoms with Gasteiger partial charge in [0.15, 0.2) is 0 Å². The van der Waals surface area contributed by atoms with Gasteiger partial charge in [0.25, 0.3) is 5.91 Å². The Labute approximate surface area is 259 Å². The molecule has 1 amide bonds. The number of ether oxygens (including phenoxy) is 1. The summed E-state index contributed by atoms with van der Waals surface area (Å²) in [7, 11) is 0. The van der Waals surface area contributed by atoms with Crippen LogP contribution in [0, 0.1) is 24.0 Å². The summed E-state index contributed by atoms with van der Waals surface area (Å²) in [5.41, 5.74) is 6.58. The molecule has 3 aromatic carbocycles. The molecule has 2 atom stereocenters. The van der Waals surface area contributed by atoms with Crippen LogP contribution in [0.4, 0.5) is 22.0 Å². The second kappa shape index (κ2) is 16.2. The fourth-order valence-corrected chi connectivity index (χ4v) is 4.82. The summed E-state index contributed by atoms with van der Waals surface area (Å²) in [6, 6.07) is 10.9. The molecule has 0 radical (unpaired) electrons. The highest BCUT2D eigenvalue weighted by molar-refractivity contribution is 5.98. The van der Waals surface area contributed by atoms with E-state index in [1.165, 1.54) is 30.3 Å². The van der Waals surface area contributed by atoms with E-state index in [-0.39, 0.29) is 47.7 Å². The molecule has 0 saturated heterocycles. The van der Waals surface area contributed by atoms with Gasteiger partial charge in [-0.3, -0.25) is 4.79 Å². The second-order valence-electron chi connectivity index (χ2n) is 10.7. The van der Waals surface area contributed by atoms with E-state index < -0.39 is 41.5 Å². The third kappa shape index (κ3) is 10.4. The lowest BCUT2D eigenvalue weighted by Crippen LogP contribution is -2.46. The van der Waals surface area contributed by atoms with Crippen molar-refractivity contribution < 1.29 is 36.3 Å². The zero-order chi connectivity index (χ0) is 33.1. The van der Waals surface area contributed by atoms with Crippen LogP contribution in [0.5, 0.6) is 0 Å². The molecule has 0 aliphatic heterocycles. The lowest BCUT2D eigenvalue weighted by atomic mass is 10.0. The molecule has 240 valence electrons. The molecule has 0 fully saturated rings. The van der Waals surface area contributed by atoms with Gasteiger partial charge in [-0.05, 0) is 66.8 Å². The summed E-state index contributed by atoms with van der Waals surface area (Å²) < 4.78 is 72.9. The van der Waals surface area contributed by atoms with Crippen LogP contribution < -0.4 is 11.1 Å². The number of terminal acetylenes is 1. The monoisotopic (exact) mass is 629 g/mol. The topological polar surface area (TPSA) is 84.7 Å². The highest BCUT2D eigenvalue weighted by Gasteiger charge is 2.30. The van der Waals surface area contributed by atoms with E-state index in [1.54, 1.807) is 4.90 Å². The second-order valence-corrected chi connectivity index (χ2v) is 10.7. The average Bonchev–Trinajstić information content (AvgIpc) is 2.99. The number of nitrogens with one attached hydrogen (secondary N) is 1. The number of carbonyl (C=O) groups excluding carboxylic acids is 2. The van der Waals surface area contributed by atoms with Crippen molar-refractivity contribution in [1.82, 2.24) is 10.2 Å². The van der Waals surface area contributed by atoms with Gasteiger partial charge in [0.2, 0.25) is 0 Å². The Bertz CT molecular complexity index is 1490. The van der Waals surface area contributed by atoms with Crippen molar-refractivity contribution in [3.8, 4) is 12.3 Å². The predicted molar refractivity (Wildman–Crippen MR) is 161 cm³/mol. The first-order valence-electron chi connectivity index (χ1n) is 14.5. The zero-order valence-electron chi connectivity index (χ0n) is 25.1. The van der Waals surface area contributed by atoms with Gasteiger partial charge in [0, 0.05) is 49.4 Å². The number of rotatable bonds is 14. The quantitative estimate of drug-likeness (QED) is 0.128. The molecular formula is C34H36F5N3O3. The number of benzene rings is 3. The van der Waals surface area contributed by atoms with Gasteiger partial charge in [0.05, 0.1) is 11.1 Å². The summed E-state index contributed by atoms with van der Waals surface area (Å²) in [5.74, 6) is -0.330. The fraction of sp³-hybridized carbons (Fsp3) is 0.353. The van der Waals surface area contributed by atoms with Crippen LogP contribution in [0.1, 0.15) is 69.7 Å². The first-order valence-corrected chi connectivity index (χ1v) is 14.5. The van der Waals surface area contributed by atoms with Crippen LogP contribution >= 0.6 is 0 Å². The molecular weight excluding hydrogens is 593 g/mol. The lowest BCUT2D eigenvalue weighted by molar-refractivity contribution is -0.137. The number of nitrogens with two attached hydrogens (primary N) is 1. The highest BCUT2D eigenvalue weighted by atomic mass is 19.4. The smallest absolute Gasteiger partial charge is 0.416 e. The zero-order valence-corrected chi connectivity index (χ0v) is 25.1. The van der Waals surface area contributed by atoms with E-state index >= 15 is 0 Å². The highest BCUT2D eigenvalue weighted by Crippen LogP contribution is 2.29. The summed E-state index contributed by atoms with van der Waals surface area (Å²) >= 11 is 0. The predicted octanol–water partition coefficient (Wildman–Crippen LogP) is 6.11. The van der Waals surface area contributed by atoms with E-state index in [0.717, 1.165) is 37.1 Å². The summed E-state index contributed by atoms with van der Waals surface area (Å²) in [5, 5.41) is 2.96. The third-order valence-electron chi connectivity index (χ3n) is 6.92. The van der Waals surface area contributed by atoms with Gasteiger partial charge >= 0.3 is 12.1 Å². The van der Waals surface area contributed by atoms with E-state index in [2.05, 4.69) is 11.2 Å². The molecule has 6 nitrogen and oxygen atoms in total. The maximum Gasteiger partial charge on any atom is 0.416 e. The van der Waals surface area contributed by atoms with Crippen molar-refractivity contribution in [1.29, 1.82) is 0 Å².